The van der Waals surface area contributed by atoms with Crippen LogP contribution in [0.1, 0.15) is 42.5 Å². The number of hydrogen-bond acceptors (Lipinski definition) is 4. The SMILES string of the molecule is CCCn1nc(C)cc1NC(=O)c1ccnn1C(C)C(=O)O. The van der Waals surface area contributed by atoms with Crippen LogP contribution in [-0.2, 0) is 11.3 Å². The Bertz CT molecular complexity index is 688. The van der Waals surface area contributed by atoms with Gasteiger partial charge in [-0.1, -0.05) is 6.92 Å². The molecule has 0 aliphatic heterocycles. The molecule has 0 aromatic carbocycles. The second kappa shape index (κ2) is 6.42. The predicted molar refractivity (Wildman–Crippen MR) is 79.8 cm³/mol. The van der Waals surface area contributed by atoms with Crippen LogP contribution in [0.15, 0.2) is 18.3 Å². The van der Waals surface area contributed by atoms with E-state index in [1.807, 2.05) is 13.8 Å². The molecule has 2 heterocycles. The highest BCUT2D eigenvalue weighted by Gasteiger charge is 2.21. The summed E-state index contributed by atoms with van der Waals surface area (Å²) < 4.78 is 2.90. The van der Waals surface area contributed by atoms with E-state index in [-0.39, 0.29) is 5.69 Å². The largest absolute Gasteiger partial charge is 0.480 e. The maximum Gasteiger partial charge on any atom is 0.328 e. The quantitative estimate of drug-likeness (QED) is 0.845. The number of carbonyl (C=O) groups is 2. The summed E-state index contributed by atoms with van der Waals surface area (Å²) in [5.74, 6) is -0.882. The van der Waals surface area contributed by atoms with Gasteiger partial charge < -0.3 is 10.4 Å². The van der Waals surface area contributed by atoms with E-state index >= 15 is 0 Å². The van der Waals surface area contributed by atoms with Gasteiger partial charge in [0, 0.05) is 18.8 Å². The number of anilines is 1. The molecule has 0 bridgehead atoms. The zero-order chi connectivity index (χ0) is 16.3. The zero-order valence-corrected chi connectivity index (χ0v) is 12.8. The fraction of sp³-hybridized carbons (Fsp3) is 0.429. The Labute approximate surface area is 127 Å². The average Bonchev–Trinajstić information content (AvgIpc) is 3.05. The van der Waals surface area contributed by atoms with Crippen LogP contribution in [0.3, 0.4) is 0 Å². The van der Waals surface area contributed by atoms with Crippen LogP contribution in [0.2, 0.25) is 0 Å². The molecule has 1 unspecified atom stereocenters. The minimum atomic E-state index is -1.05. The van der Waals surface area contributed by atoms with Gasteiger partial charge in [-0.15, -0.1) is 0 Å². The van der Waals surface area contributed by atoms with Gasteiger partial charge in [0.05, 0.1) is 5.69 Å². The van der Waals surface area contributed by atoms with Gasteiger partial charge in [0.1, 0.15) is 17.6 Å². The monoisotopic (exact) mass is 305 g/mol. The standard InChI is InChI=1S/C14H19N5O3/c1-4-7-18-12(8-9(2)17-18)16-13(20)11-5-6-15-19(11)10(3)14(21)22/h5-6,8,10H,4,7H2,1-3H3,(H,16,20)(H,21,22). The number of amides is 1. The molecule has 0 aliphatic rings. The molecule has 0 saturated carbocycles. The third-order valence-electron chi connectivity index (χ3n) is 3.21. The third kappa shape index (κ3) is 3.16. The van der Waals surface area contributed by atoms with Gasteiger partial charge >= 0.3 is 5.97 Å². The smallest absolute Gasteiger partial charge is 0.328 e. The Hall–Kier alpha value is -2.64. The van der Waals surface area contributed by atoms with Crippen LogP contribution >= 0.6 is 0 Å². The number of nitrogens with zero attached hydrogens (tertiary/aromatic N) is 4. The fourth-order valence-corrected chi connectivity index (χ4v) is 2.12. The highest BCUT2D eigenvalue weighted by Crippen LogP contribution is 2.15. The molecule has 22 heavy (non-hydrogen) atoms. The Kier molecular flexibility index (Phi) is 4.59. The van der Waals surface area contributed by atoms with Gasteiger partial charge in [-0.25, -0.2) is 14.2 Å². The van der Waals surface area contributed by atoms with Crippen LogP contribution in [0, 0.1) is 6.92 Å². The molecule has 8 heteroatoms. The third-order valence-corrected chi connectivity index (χ3v) is 3.21. The number of hydrogen-bond donors (Lipinski definition) is 2. The lowest BCUT2D eigenvalue weighted by Crippen LogP contribution is -2.24. The molecular formula is C14H19N5O3. The molecule has 1 atom stereocenters. The van der Waals surface area contributed by atoms with Crippen molar-refractivity contribution in [1.82, 2.24) is 19.6 Å². The summed E-state index contributed by atoms with van der Waals surface area (Å²) >= 11 is 0. The zero-order valence-electron chi connectivity index (χ0n) is 12.8. The molecule has 1 amide bonds. The Morgan fingerprint density at radius 2 is 2.18 bits per heavy atom. The molecule has 118 valence electrons. The number of nitrogens with one attached hydrogen (secondary N) is 1. The fourth-order valence-electron chi connectivity index (χ4n) is 2.12. The van der Waals surface area contributed by atoms with Crippen LogP contribution < -0.4 is 5.32 Å². The summed E-state index contributed by atoms with van der Waals surface area (Å²) in [4.78, 5) is 23.4. The number of aromatic nitrogens is 4. The second-order valence-electron chi connectivity index (χ2n) is 5.02. The van der Waals surface area contributed by atoms with Crippen molar-refractivity contribution >= 4 is 17.7 Å². The van der Waals surface area contributed by atoms with Gasteiger partial charge in [-0.2, -0.15) is 10.2 Å². The van der Waals surface area contributed by atoms with E-state index in [9.17, 15) is 9.59 Å². The van der Waals surface area contributed by atoms with E-state index in [1.165, 1.54) is 23.9 Å². The van der Waals surface area contributed by atoms with Crippen LogP contribution in [-0.4, -0.2) is 36.5 Å². The number of carboxylic acid groups (broad SMARTS) is 1. The van der Waals surface area contributed by atoms with Gasteiger partial charge in [0.25, 0.3) is 5.91 Å². The normalized spacial score (nSPS) is 12.1. The Balaban J connectivity index is 2.24. The van der Waals surface area contributed by atoms with Crippen molar-refractivity contribution in [3.8, 4) is 0 Å². The lowest BCUT2D eigenvalue weighted by atomic mass is 10.3. The highest BCUT2D eigenvalue weighted by atomic mass is 16.4. The highest BCUT2D eigenvalue weighted by molar-refractivity contribution is 6.02. The summed E-state index contributed by atoms with van der Waals surface area (Å²) in [7, 11) is 0. The summed E-state index contributed by atoms with van der Waals surface area (Å²) in [6.45, 7) is 6.02. The van der Waals surface area contributed by atoms with Crippen molar-refractivity contribution in [3.05, 3.63) is 29.7 Å². The van der Waals surface area contributed by atoms with Crippen LogP contribution in [0.25, 0.3) is 0 Å². The summed E-state index contributed by atoms with van der Waals surface area (Å²) in [6, 6.07) is 2.34. The Morgan fingerprint density at radius 1 is 1.45 bits per heavy atom. The van der Waals surface area contributed by atoms with Gasteiger partial charge in [0.15, 0.2) is 0 Å². The summed E-state index contributed by atoms with van der Waals surface area (Å²) in [5.41, 5.74) is 0.993. The first kappa shape index (κ1) is 15.7. The molecule has 0 fully saturated rings. The molecule has 0 aliphatic carbocycles. The maximum atomic E-state index is 12.4. The summed E-state index contributed by atoms with van der Waals surface area (Å²) in [6.07, 6.45) is 2.29. The molecule has 2 N–H and O–H groups in total. The molecule has 0 spiro atoms. The van der Waals surface area contributed by atoms with Crippen molar-refractivity contribution < 1.29 is 14.7 Å². The van der Waals surface area contributed by atoms with Crippen molar-refractivity contribution in [3.63, 3.8) is 0 Å². The van der Waals surface area contributed by atoms with Crippen molar-refractivity contribution in [2.45, 2.75) is 39.8 Å². The van der Waals surface area contributed by atoms with Crippen LogP contribution in [0.4, 0.5) is 5.82 Å². The minimum Gasteiger partial charge on any atom is -0.480 e. The maximum absolute atomic E-state index is 12.4. The molecule has 8 nitrogen and oxygen atoms in total. The van der Waals surface area contributed by atoms with E-state index in [2.05, 4.69) is 15.5 Å². The number of carboxylic acids is 1. The van der Waals surface area contributed by atoms with E-state index < -0.39 is 17.9 Å². The molecule has 2 aromatic rings. The molecule has 0 radical (unpaired) electrons. The molecule has 2 rings (SSSR count). The lowest BCUT2D eigenvalue weighted by Gasteiger charge is -2.12. The Morgan fingerprint density at radius 3 is 2.82 bits per heavy atom. The van der Waals surface area contributed by atoms with Crippen molar-refractivity contribution in [2.75, 3.05) is 5.32 Å². The first-order valence-corrected chi connectivity index (χ1v) is 7.06. The summed E-state index contributed by atoms with van der Waals surface area (Å²) in [5, 5.41) is 20.0. The van der Waals surface area contributed by atoms with Crippen molar-refractivity contribution in [2.24, 2.45) is 0 Å². The van der Waals surface area contributed by atoms with E-state index in [4.69, 9.17) is 5.11 Å². The molecule has 2 aromatic heterocycles. The number of carbonyl (C=O) groups excluding carboxylic acids is 1. The van der Waals surface area contributed by atoms with E-state index in [1.54, 1.807) is 10.7 Å². The van der Waals surface area contributed by atoms with E-state index in [0.717, 1.165) is 12.1 Å². The second-order valence-corrected chi connectivity index (χ2v) is 5.02. The first-order valence-electron chi connectivity index (χ1n) is 7.06. The van der Waals surface area contributed by atoms with Crippen molar-refractivity contribution in [1.29, 1.82) is 0 Å². The first-order chi connectivity index (χ1) is 10.4. The minimum absolute atomic E-state index is 0.191. The predicted octanol–water partition coefficient (Wildman–Crippen LogP) is 1.70. The lowest BCUT2D eigenvalue weighted by molar-refractivity contribution is -0.140. The van der Waals surface area contributed by atoms with Crippen LogP contribution in [0.5, 0.6) is 0 Å². The average molecular weight is 305 g/mol. The number of aryl methyl sites for hydroxylation is 2. The van der Waals surface area contributed by atoms with Gasteiger partial charge in [-0.3, -0.25) is 4.79 Å². The molecular weight excluding hydrogens is 286 g/mol. The number of aliphatic carboxylic acids is 1. The number of rotatable bonds is 6. The topological polar surface area (TPSA) is 102 Å². The molecule has 0 saturated heterocycles. The van der Waals surface area contributed by atoms with Gasteiger partial charge in [-0.05, 0) is 26.3 Å². The van der Waals surface area contributed by atoms with E-state index in [0.29, 0.717) is 12.4 Å². The van der Waals surface area contributed by atoms with Gasteiger partial charge in [0.2, 0.25) is 0 Å².